The lowest BCUT2D eigenvalue weighted by atomic mass is 10.0. The fourth-order valence-corrected chi connectivity index (χ4v) is 2.35. The van der Waals surface area contributed by atoms with Crippen LogP contribution < -0.4 is 11.3 Å². The van der Waals surface area contributed by atoms with Crippen molar-refractivity contribution in [1.82, 2.24) is 4.98 Å². The number of hydrogen-bond acceptors (Lipinski definition) is 4. The molecule has 1 aromatic heterocycles. The Kier molecular flexibility index (Phi) is 2.65. The number of nitrogens with zero attached hydrogens (tertiary/aromatic N) is 1. The number of pyridine rings is 1. The zero-order valence-electron chi connectivity index (χ0n) is 10.1. The van der Waals surface area contributed by atoms with Gasteiger partial charge in [-0.25, -0.2) is 4.39 Å². The molecule has 3 rings (SSSR count). The Bertz CT molecular complexity index is 627. The molecule has 0 unspecified atom stereocenters. The minimum Gasteiger partial charge on any atom is -0.376 e. The molecular formula is C13H14FN3O. The van der Waals surface area contributed by atoms with Crippen molar-refractivity contribution in [2.24, 2.45) is 5.84 Å². The monoisotopic (exact) mass is 247 g/mol. The lowest BCUT2D eigenvalue weighted by Gasteiger charge is -2.20. The molecule has 0 spiro atoms. The van der Waals surface area contributed by atoms with Gasteiger partial charge in [0.1, 0.15) is 5.82 Å². The van der Waals surface area contributed by atoms with Gasteiger partial charge in [0.05, 0.1) is 30.1 Å². The predicted octanol–water partition coefficient (Wildman–Crippen LogP) is 2.04. The van der Waals surface area contributed by atoms with Crippen LogP contribution in [0.4, 0.5) is 10.1 Å². The van der Waals surface area contributed by atoms with E-state index in [4.69, 9.17) is 10.6 Å². The van der Waals surface area contributed by atoms with Gasteiger partial charge in [-0.15, -0.1) is 0 Å². The van der Waals surface area contributed by atoms with Gasteiger partial charge in [-0.05, 0) is 18.6 Å². The van der Waals surface area contributed by atoms with E-state index in [1.54, 1.807) is 13.0 Å². The topological polar surface area (TPSA) is 60.2 Å². The number of fused-ring (bicyclic) bond motifs is 2. The number of ether oxygens (including phenoxy) is 1. The zero-order valence-corrected chi connectivity index (χ0v) is 10.1. The summed E-state index contributed by atoms with van der Waals surface area (Å²) in [6, 6.07) is 3.23. The van der Waals surface area contributed by atoms with E-state index in [2.05, 4.69) is 10.4 Å². The maximum absolute atomic E-state index is 13.6. The molecule has 0 radical (unpaired) electrons. The second kappa shape index (κ2) is 4.19. The average molecular weight is 247 g/mol. The van der Waals surface area contributed by atoms with Crippen molar-refractivity contribution in [3.8, 4) is 0 Å². The van der Waals surface area contributed by atoms with E-state index >= 15 is 0 Å². The number of halogens is 1. The summed E-state index contributed by atoms with van der Waals surface area (Å²) in [6.07, 6.45) is 0.732. The molecule has 5 heteroatoms. The van der Waals surface area contributed by atoms with E-state index in [9.17, 15) is 4.39 Å². The number of aromatic nitrogens is 1. The molecule has 1 aromatic carbocycles. The first kappa shape index (κ1) is 11.4. The number of nitrogen functional groups attached to an aromatic ring is 1. The molecule has 0 amide bonds. The molecule has 0 fully saturated rings. The van der Waals surface area contributed by atoms with Crippen LogP contribution in [0.15, 0.2) is 12.1 Å². The second-order valence-corrected chi connectivity index (χ2v) is 4.48. The molecule has 4 nitrogen and oxygen atoms in total. The van der Waals surface area contributed by atoms with Gasteiger partial charge < -0.3 is 10.2 Å². The maximum Gasteiger partial charge on any atom is 0.128 e. The number of aryl methyl sites for hydroxylation is 1. The number of anilines is 1. The van der Waals surface area contributed by atoms with Gasteiger partial charge in [0.25, 0.3) is 0 Å². The minimum atomic E-state index is -0.245. The van der Waals surface area contributed by atoms with E-state index < -0.39 is 0 Å². The van der Waals surface area contributed by atoms with Crippen LogP contribution >= 0.6 is 0 Å². The molecule has 1 aliphatic heterocycles. The van der Waals surface area contributed by atoms with E-state index in [0.29, 0.717) is 24.3 Å². The molecule has 0 saturated heterocycles. The highest BCUT2D eigenvalue weighted by Crippen LogP contribution is 2.32. The number of hydrazine groups is 1. The lowest BCUT2D eigenvalue weighted by molar-refractivity contribution is 0.110. The molecule has 2 heterocycles. The Labute approximate surface area is 104 Å². The molecule has 0 bridgehead atoms. The van der Waals surface area contributed by atoms with Gasteiger partial charge in [0.15, 0.2) is 0 Å². The van der Waals surface area contributed by atoms with Crippen LogP contribution in [0.5, 0.6) is 0 Å². The molecule has 3 N–H and O–H groups in total. The predicted molar refractivity (Wildman–Crippen MR) is 67.6 cm³/mol. The van der Waals surface area contributed by atoms with E-state index in [1.165, 1.54) is 6.07 Å². The van der Waals surface area contributed by atoms with Crippen LogP contribution in [0, 0.1) is 12.7 Å². The normalized spacial score (nSPS) is 14.6. The molecule has 0 saturated carbocycles. The van der Waals surface area contributed by atoms with Crippen molar-refractivity contribution in [3.63, 3.8) is 0 Å². The fraction of sp³-hybridized carbons (Fsp3) is 0.308. The van der Waals surface area contributed by atoms with Gasteiger partial charge in [0.2, 0.25) is 0 Å². The van der Waals surface area contributed by atoms with E-state index in [0.717, 1.165) is 28.8 Å². The first-order valence-electron chi connectivity index (χ1n) is 5.86. The summed E-state index contributed by atoms with van der Waals surface area (Å²) in [5.74, 6) is 5.36. The minimum absolute atomic E-state index is 0.245. The standard InChI is InChI=1S/C13H14FN3O/c1-7-4-8-12(5-10(7)14)16-11-2-3-18-6-9(11)13(8)17-15/h4-5H,2-3,6,15H2,1H3,(H,16,17). The summed E-state index contributed by atoms with van der Waals surface area (Å²) in [4.78, 5) is 4.51. The molecular weight excluding hydrogens is 233 g/mol. The molecule has 18 heavy (non-hydrogen) atoms. The van der Waals surface area contributed by atoms with Gasteiger partial charge in [0, 0.05) is 23.4 Å². The molecule has 0 aliphatic carbocycles. The van der Waals surface area contributed by atoms with Crippen LogP contribution in [0.3, 0.4) is 0 Å². The highest BCUT2D eigenvalue weighted by molar-refractivity contribution is 5.93. The molecule has 1 aliphatic rings. The van der Waals surface area contributed by atoms with Gasteiger partial charge >= 0.3 is 0 Å². The Balaban J connectivity index is 2.36. The number of rotatable bonds is 1. The Hall–Kier alpha value is -1.72. The SMILES string of the molecule is Cc1cc2c(NN)c3c(nc2cc1F)CCOC3. The first-order chi connectivity index (χ1) is 8.70. The second-order valence-electron chi connectivity index (χ2n) is 4.48. The van der Waals surface area contributed by atoms with Gasteiger partial charge in [-0.1, -0.05) is 0 Å². The lowest BCUT2D eigenvalue weighted by Crippen LogP contribution is -2.18. The van der Waals surface area contributed by atoms with Crippen molar-refractivity contribution in [2.75, 3.05) is 12.0 Å². The van der Waals surface area contributed by atoms with Crippen LogP contribution in [0.1, 0.15) is 16.8 Å². The summed E-state index contributed by atoms with van der Waals surface area (Å²) in [6.45, 7) is 2.86. The Morgan fingerprint density at radius 2 is 2.28 bits per heavy atom. The van der Waals surface area contributed by atoms with Crippen LogP contribution in [0.2, 0.25) is 0 Å². The van der Waals surface area contributed by atoms with Crippen molar-refractivity contribution in [3.05, 3.63) is 34.8 Å². The first-order valence-corrected chi connectivity index (χ1v) is 5.86. The third-order valence-electron chi connectivity index (χ3n) is 3.33. The zero-order chi connectivity index (χ0) is 12.7. The summed E-state index contributed by atoms with van der Waals surface area (Å²) >= 11 is 0. The summed E-state index contributed by atoms with van der Waals surface area (Å²) in [5.41, 5.74) is 6.61. The van der Waals surface area contributed by atoms with Crippen LogP contribution in [-0.4, -0.2) is 11.6 Å². The van der Waals surface area contributed by atoms with Crippen molar-refractivity contribution < 1.29 is 9.13 Å². The maximum atomic E-state index is 13.6. The van der Waals surface area contributed by atoms with Gasteiger partial charge in [-0.2, -0.15) is 0 Å². The number of benzene rings is 1. The smallest absolute Gasteiger partial charge is 0.128 e. The Morgan fingerprint density at radius 1 is 1.44 bits per heavy atom. The van der Waals surface area contributed by atoms with Crippen molar-refractivity contribution in [1.29, 1.82) is 0 Å². The molecule has 0 atom stereocenters. The quantitative estimate of drug-likeness (QED) is 0.598. The fourth-order valence-electron chi connectivity index (χ4n) is 2.35. The number of nitrogens with one attached hydrogen (secondary N) is 1. The van der Waals surface area contributed by atoms with E-state index in [-0.39, 0.29) is 5.82 Å². The summed E-state index contributed by atoms with van der Waals surface area (Å²) in [5, 5.41) is 0.834. The van der Waals surface area contributed by atoms with Crippen molar-refractivity contribution >= 4 is 16.6 Å². The summed E-state index contributed by atoms with van der Waals surface area (Å²) in [7, 11) is 0. The highest BCUT2D eigenvalue weighted by atomic mass is 19.1. The third kappa shape index (κ3) is 1.63. The van der Waals surface area contributed by atoms with Gasteiger partial charge in [-0.3, -0.25) is 10.8 Å². The van der Waals surface area contributed by atoms with Crippen LogP contribution in [-0.2, 0) is 17.8 Å². The van der Waals surface area contributed by atoms with Crippen molar-refractivity contribution in [2.45, 2.75) is 20.0 Å². The van der Waals surface area contributed by atoms with E-state index in [1.807, 2.05) is 0 Å². The number of nitrogens with two attached hydrogens (primary N) is 1. The third-order valence-corrected chi connectivity index (χ3v) is 3.33. The number of hydrogen-bond donors (Lipinski definition) is 2. The molecule has 2 aromatic rings. The summed E-state index contributed by atoms with van der Waals surface area (Å²) < 4.78 is 19.0. The highest BCUT2D eigenvalue weighted by Gasteiger charge is 2.18. The molecule has 94 valence electrons. The van der Waals surface area contributed by atoms with Crippen LogP contribution in [0.25, 0.3) is 10.9 Å². The Morgan fingerprint density at radius 3 is 3.06 bits per heavy atom. The largest absolute Gasteiger partial charge is 0.376 e. The average Bonchev–Trinajstić information content (AvgIpc) is 2.38.